The van der Waals surface area contributed by atoms with Crippen LogP contribution < -0.4 is 10.1 Å². The van der Waals surface area contributed by atoms with Crippen molar-refractivity contribution in [2.24, 2.45) is 5.92 Å². The van der Waals surface area contributed by atoms with E-state index >= 15 is 0 Å². The molecule has 1 aromatic heterocycles. The highest BCUT2D eigenvalue weighted by molar-refractivity contribution is 6.05. The van der Waals surface area contributed by atoms with Crippen LogP contribution >= 0.6 is 0 Å². The quantitative estimate of drug-likeness (QED) is 0.594. The number of fused-ring (bicyclic) bond motifs is 1. The number of rotatable bonds is 7. The van der Waals surface area contributed by atoms with E-state index in [4.69, 9.17) is 9.47 Å². The van der Waals surface area contributed by atoms with Crippen LogP contribution in [0.5, 0.6) is 5.75 Å². The molecule has 0 spiro atoms. The molecule has 156 valence electrons. The summed E-state index contributed by atoms with van der Waals surface area (Å²) in [5.41, 5.74) is 2.51. The van der Waals surface area contributed by atoms with Gasteiger partial charge in [-0.2, -0.15) is 0 Å². The van der Waals surface area contributed by atoms with E-state index in [0.717, 1.165) is 5.56 Å². The maximum atomic E-state index is 12.9. The number of carbonyl (C=O) groups is 2. The topological polar surface area (TPSA) is 77.5 Å². The highest BCUT2D eigenvalue weighted by atomic mass is 16.5. The summed E-state index contributed by atoms with van der Waals surface area (Å²) in [7, 11) is 1.56. The number of carbonyl (C=O) groups excluding carboxylic acids is 2. The van der Waals surface area contributed by atoms with E-state index < -0.39 is 5.97 Å². The van der Waals surface area contributed by atoms with Crippen LogP contribution in [0.25, 0.3) is 22.2 Å². The Labute approximate surface area is 176 Å². The first-order valence-corrected chi connectivity index (χ1v) is 9.89. The molecule has 1 atom stereocenters. The standard InChI is InChI=1S/C24H26N2O4/c1-15(2)16(3)25-23(27)14-30-24(28)20-13-22(17-8-6-5-7-9-17)26-21-11-10-18(29-4)12-19(20)21/h5-13,15-16H,14H2,1-4H3,(H,25,27)/t16-/m0/s1. The minimum atomic E-state index is -0.583. The van der Waals surface area contributed by atoms with E-state index in [0.29, 0.717) is 27.9 Å². The first kappa shape index (κ1) is 21.3. The molecule has 6 heteroatoms. The molecule has 0 unspecified atom stereocenters. The van der Waals surface area contributed by atoms with Crippen LogP contribution in [0.2, 0.25) is 0 Å². The average Bonchev–Trinajstić information content (AvgIpc) is 2.76. The lowest BCUT2D eigenvalue weighted by molar-refractivity contribution is -0.125. The monoisotopic (exact) mass is 406 g/mol. The van der Waals surface area contributed by atoms with Crippen molar-refractivity contribution in [3.63, 3.8) is 0 Å². The Balaban J connectivity index is 1.92. The Morgan fingerprint density at radius 2 is 1.77 bits per heavy atom. The Kier molecular flexibility index (Phi) is 6.67. The zero-order valence-electron chi connectivity index (χ0n) is 17.6. The molecule has 1 heterocycles. The predicted octanol–water partition coefficient (Wildman–Crippen LogP) is 4.23. The van der Waals surface area contributed by atoms with E-state index in [1.807, 2.05) is 51.1 Å². The number of pyridine rings is 1. The van der Waals surface area contributed by atoms with Crippen molar-refractivity contribution in [2.75, 3.05) is 13.7 Å². The normalized spacial score (nSPS) is 11.9. The number of nitrogens with one attached hydrogen (secondary N) is 1. The number of nitrogens with zero attached hydrogens (tertiary/aromatic N) is 1. The molecule has 2 aromatic carbocycles. The van der Waals surface area contributed by atoms with Crippen LogP contribution in [0.4, 0.5) is 0 Å². The number of methoxy groups -OCH3 is 1. The van der Waals surface area contributed by atoms with Gasteiger partial charge in [0.15, 0.2) is 6.61 Å². The zero-order valence-corrected chi connectivity index (χ0v) is 17.6. The largest absolute Gasteiger partial charge is 0.497 e. The number of hydrogen-bond donors (Lipinski definition) is 1. The molecule has 3 aromatic rings. The zero-order chi connectivity index (χ0) is 21.7. The number of ether oxygens (including phenoxy) is 2. The van der Waals surface area contributed by atoms with Crippen LogP contribution in [-0.4, -0.2) is 36.6 Å². The Morgan fingerprint density at radius 1 is 1.03 bits per heavy atom. The summed E-state index contributed by atoms with van der Waals surface area (Å²) >= 11 is 0. The molecule has 0 bridgehead atoms. The molecule has 3 rings (SSSR count). The van der Waals surface area contributed by atoms with Gasteiger partial charge in [-0.3, -0.25) is 4.79 Å². The van der Waals surface area contributed by atoms with Crippen molar-refractivity contribution in [3.8, 4) is 17.0 Å². The molecule has 0 aliphatic rings. The van der Waals surface area contributed by atoms with Crippen LogP contribution in [0.3, 0.4) is 0 Å². The Morgan fingerprint density at radius 3 is 2.43 bits per heavy atom. The minimum absolute atomic E-state index is 0.00750. The van der Waals surface area contributed by atoms with Gasteiger partial charge in [0.05, 0.1) is 23.9 Å². The molecule has 0 aliphatic carbocycles. The van der Waals surface area contributed by atoms with E-state index in [1.165, 1.54) is 0 Å². The van der Waals surface area contributed by atoms with Gasteiger partial charge in [0.1, 0.15) is 5.75 Å². The van der Waals surface area contributed by atoms with Crippen molar-refractivity contribution in [2.45, 2.75) is 26.8 Å². The molecule has 1 amide bonds. The second-order valence-electron chi connectivity index (χ2n) is 7.48. The van der Waals surface area contributed by atoms with Crippen molar-refractivity contribution < 1.29 is 19.1 Å². The highest BCUT2D eigenvalue weighted by Crippen LogP contribution is 2.28. The van der Waals surface area contributed by atoms with Gasteiger partial charge in [0.2, 0.25) is 0 Å². The second-order valence-corrected chi connectivity index (χ2v) is 7.48. The predicted molar refractivity (Wildman–Crippen MR) is 116 cm³/mol. The molecule has 0 saturated heterocycles. The lowest BCUT2D eigenvalue weighted by Crippen LogP contribution is -2.38. The van der Waals surface area contributed by atoms with E-state index in [1.54, 1.807) is 31.4 Å². The Hall–Kier alpha value is -3.41. The molecule has 1 N–H and O–H groups in total. The van der Waals surface area contributed by atoms with E-state index in [9.17, 15) is 9.59 Å². The van der Waals surface area contributed by atoms with Crippen LogP contribution in [0, 0.1) is 5.92 Å². The third kappa shape index (κ3) is 4.95. The highest BCUT2D eigenvalue weighted by Gasteiger charge is 2.18. The SMILES string of the molecule is COc1ccc2nc(-c3ccccc3)cc(C(=O)OCC(=O)N[C@@H](C)C(C)C)c2c1. The number of aromatic nitrogens is 1. The summed E-state index contributed by atoms with van der Waals surface area (Å²) in [6.07, 6.45) is 0. The summed E-state index contributed by atoms with van der Waals surface area (Å²) in [6.45, 7) is 5.60. The van der Waals surface area contributed by atoms with Gasteiger partial charge in [0.25, 0.3) is 5.91 Å². The van der Waals surface area contributed by atoms with Crippen molar-refractivity contribution in [3.05, 3.63) is 60.2 Å². The van der Waals surface area contributed by atoms with Gasteiger partial charge in [-0.15, -0.1) is 0 Å². The number of amides is 1. The third-order valence-electron chi connectivity index (χ3n) is 5.03. The molecular weight excluding hydrogens is 380 g/mol. The van der Waals surface area contributed by atoms with Crippen molar-refractivity contribution in [1.29, 1.82) is 0 Å². The van der Waals surface area contributed by atoms with Crippen molar-refractivity contribution in [1.82, 2.24) is 10.3 Å². The fourth-order valence-corrected chi connectivity index (χ4v) is 2.93. The molecule has 0 fully saturated rings. The molecule has 0 radical (unpaired) electrons. The molecule has 6 nitrogen and oxygen atoms in total. The first-order valence-electron chi connectivity index (χ1n) is 9.89. The third-order valence-corrected chi connectivity index (χ3v) is 5.03. The maximum Gasteiger partial charge on any atom is 0.339 e. The lowest BCUT2D eigenvalue weighted by atomic mass is 10.0. The van der Waals surface area contributed by atoms with Gasteiger partial charge in [0, 0.05) is 17.0 Å². The number of hydrogen-bond acceptors (Lipinski definition) is 5. The van der Waals surface area contributed by atoms with Gasteiger partial charge in [-0.1, -0.05) is 44.2 Å². The summed E-state index contributed by atoms with van der Waals surface area (Å²) in [5.74, 6) is -0.0204. The Bertz CT molecular complexity index is 1050. The van der Waals surface area contributed by atoms with Gasteiger partial charge < -0.3 is 14.8 Å². The molecular formula is C24H26N2O4. The summed E-state index contributed by atoms with van der Waals surface area (Å²) in [4.78, 5) is 29.7. The van der Waals surface area contributed by atoms with Crippen molar-refractivity contribution >= 4 is 22.8 Å². The summed E-state index contributed by atoms with van der Waals surface area (Å²) in [6, 6.07) is 16.6. The van der Waals surface area contributed by atoms with Crippen LogP contribution in [0.15, 0.2) is 54.6 Å². The first-order chi connectivity index (χ1) is 14.4. The smallest absolute Gasteiger partial charge is 0.339 e. The van der Waals surface area contributed by atoms with Gasteiger partial charge >= 0.3 is 5.97 Å². The summed E-state index contributed by atoms with van der Waals surface area (Å²) < 4.78 is 10.6. The van der Waals surface area contributed by atoms with Gasteiger partial charge in [-0.25, -0.2) is 9.78 Å². The average molecular weight is 406 g/mol. The fraction of sp³-hybridized carbons (Fsp3) is 0.292. The van der Waals surface area contributed by atoms with E-state index in [-0.39, 0.29) is 24.5 Å². The van der Waals surface area contributed by atoms with Gasteiger partial charge in [-0.05, 0) is 37.1 Å². The van der Waals surface area contributed by atoms with E-state index in [2.05, 4.69) is 10.3 Å². The maximum absolute atomic E-state index is 12.9. The number of esters is 1. The molecule has 30 heavy (non-hydrogen) atoms. The number of benzene rings is 2. The molecule has 0 aliphatic heterocycles. The second kappa shape index (κ2) is 9.39. The summed E-state index contributed by atoms with van der Waals surface area (Å²) in [5, 5.41) is 3.44. The fourth-order valence-electron chi connectivity index (χ4n) is 2.93. The molecule has 0 saturated carbocycles. The van der Waals surface area contributed by atoms with Crippen LogP contribution in [0.1, 0.15) is 31.1 Å². The minimum Gasteiger partial charge on any atom is -0.497 e. The lowest BCUT2D eigenvalue weighted by Gasteiger charge is -2.17. The van der Waals surface area contributed by atoms with Crippen LogP contribution in [-0.2, 0) is 9.53 Å².